The van der Waals surface area contributed by atoms with Crippen molar-refractivity contribution in [1.29, 1.82) is 0 Å². The number of carbonyl (C=O) groups excluding carboxylic acids is 1. The molecule has 8 heteroatoms. The summed E-state index contributed by atoms with van der Waals surface area (Å²) in [5.74, 6) is -0.170. The van der Waals surface area contributed by atoms with Crippen LogP contribution in [0.5, 0.6) is 0 Å². The Morgan fingerprint density at radius 2 is 1.96 bits per heavy atom. The smallest absolute Gasteiger partial charge is 0.218 e. The zero-order valence-corrected chi connectivity index (χ0v) is 15.7. The summed E-state index contributed by atoms with van der Waals surface area (Å²) in [6, 6.07) is 8.18. The van der Waals surface area contributed by atoms with Crippen LogP contribution in [0.1, 0.15) is 30.2 Å². The highest BCUT2D eigenvalue weighted by atomic mass is 32.2. The predicted octanol–water partition coefficient (Wildman–Crippen LogP) is 1.77. The van der Waals surface area contributed by atoms with E-state index in [9.17, 15) is 13.2 Å². The van der Waals surface area contributed by atoms with Crippen molar-refractivity contribution in [2.24, 2.45) is 5.73 Å². The summed E-state index contributed by atoms with van der Waals surface area (Å²) in [4.78, 5) is 17.7. The summed E-state index contributed by atoms with van der Waals surface area (Å²) in [7, 11) is -3.21. The molecular formula is C17H23N3O3S2. The number of benzene rings is 1. The molecule has 1 aromatic heterocycles. The number of rotatable bonds is 7. The normalized spacial score (nSPS) is 17.1. The standard InChI is InChI=1S/C17H23N3O3S2/c18-16(21)7-11-25(22,23)12-10-20-8-5-13(6-9-20)17-19-14-3-1-2-4-15(14)24-17/h1-4,13H,5-12H2,(H2,18,21). The fourth-order valence-electron chi connectivity index (χ4n) is 3.09. The van der Waals surface area contributed by atoms with Crippen molar-refractivity contribution >= 4 is 37.3 Å². The minimum atomic E-state index is -3.21. The molecule has 2 heterocycles. The van der Waals surface area contributed by atoms with Crippen molar-refractivity contribution in [3.05, 3.63) is 29.3 Å². The van der Waals surface area contributed by atoms with Gasteiger partial charge in [0.1, 0.15) is 0 Å². The molecule has 0 bridgehead atoms. The summed E-state index contributed by atoms with van der Waals surface area (Å²) in [5.41, 5.74) is 6.08. The van der Waals surface area contributed by atoms with Crippen molar-refractivity contribution in [1.82, 2.24) is 9.88 Å². The Morgan fingerprint density at radius 3 is 2.64 bits per heavy atom. The summed E-state index contributed by atoms with van der Waals surface area (Å²) in [6.45, 7) is 2.28. The number of carbonyl (C=O) groups is 1. The van der Waals surface area contributed by atoms with Gasteiger partial charge in [-0.3, -0.25) is 4.79 Å². The van der Waals surface area contributed by atoms with Gasteiger partial charge in [0.25, 0.3) is 0 Å². The van der Waals surface area contributed by atoms with Gasteiger partial charge in [0.2, 0.25) is 5.91 Å². The van der Waals surface area contributed by atoms with Crippen molar-refractivity contribution in [2.45, 2.75) is 25.2 Å². The van der Waals surface area contributed by atoms with E-state index in [1.54, 1.807) is 11.3 Å². The van der Waals surface area contributed by atoms with Crippen LogP contribution < -0.4 is 5.73 Å². The molecule has 6 nitrogen and oxygen atoms in total. The van der Waals surface area contributed by atoms with Gasteiger partial charge in [0.15, 0.2) is 9.84 Å². The van der Waals surface area contributed by atoms with Gasteiger partial charge in [-0.15, -0.1) is 11.3 Å². The van der Waals surface area contributed by atoms with Crippen LogP contribution in [0.3, 0.4) is 0 Å². The minimum Gasteiger partial charge on any atom is -0.370 e. The molecule has 0 unspecified atom stereocenters. The molecule has 3 rings (SSSR count). The Hall–Kier alpha value is -1.51. The minimum absolute atomic E-state index is 0.0894. The van der Waals surface area contributed by atoms with Crippen molar-refractivity contribution in [3.63, 3.8) is 0 Å². The number of thiazole rings is 1. The maximum absolute atomic E-state index is 11.9. The number of primary amides is 1. The quantitative estimate of drug-likeness (QED) is 0.789. The molecule has 2 aromatic rings. The Morgan fingerprint density at radius 1 is 1.24 bits per heavy atom. The molecule has 1 fully saturated rings. The second-order valence-electron chi connectivity index (χ2n) is 6.50. The van der Waals surface area contributed by atoms with Crippen molar-refractivity contribution in [2.75, 3.05) is 31.1 Å². The first kappa shape index (κ1) is 18.3. The van der Waals surface area contributed by atoms with E-state index in [-0.39, 0.29) is 17.9 Å². The predicted molar refractivity (Wildman–Crippen MR) is 101 cm³/mol. The third-order valence-electron chi connectivity index (χ3n) is 4.63. The number of nitrogens with two attached hydrogens (primary N) is 1. The maximum Gasteiger partial charge on any atom is 0.218 e. The summed E-state index contributed by atoms with van der Waals surface area (Å²) in [5, 5.41) is 1.19. The van der Waals surface area contributed by atoms with Gasteiger partial charge in [-0.25, -0.2) is 13.4 Å². The average Bonchev–Trinajstić information content (AvgIpc) is 3.03. The van der Waals surface area contributed by atoms with E-state index in [2.05, 4.69) is 11.0 Å². The number of hydrogen-bond donors (Lipinski definition) is 1. The SMILES string of the molecule is NC(=O)CCS(=O)(=O)CCN1CCC(c2nc3ccccc3s2)CC1. The average molecular weight is 382 g/mol. The van der Waals surface area contributed by atoms with Crippen molar-refractivity contribution < 1.29 is 13.2 Å². The highest BCUT2D eigenvalue weighted by molar-refractivity contribution is 7.91. The van der Waals surface area contributed by atoms with E-state index < -0.39 is 15.7 Å². The van der Waals surface area contributed by atoms with E-state index in [1.807, 2.05) is 18.2 Å². The molecular weight excluding hydrogens is 358 g/mol. The molecule has 0 radical (unpaired) electrons. The van der Waals surface area contributed by atoms with Crippen LogP contribution in [-0.4, -0.2) is 55.3 Å². The van der Waals surface area contributed by atoms with E-state index in [0.29, 0.717) is 12.5 Å². The number of hydrogen-bond acceptors (Lipinski definition) is 6. The Bertz CT molecular complexity index is 807. The van der Waals surface area contributed by atoms with Crippen LogP contribution >= 0.6 is 11.3 Å². The first-order valence-electron chi connectivity index (χ1n) is 8.49. The molecule has 136 valence electrons. The maximum atomic E-state index is 11.9. The van der Waals surface area contributed by atoms with E-state index in [0.717, 1.165) is 31.4 Å². The zero-order valence-electron chi connectivity index (χ0n) is 14.1. The molecule has 1 saturated heterocycles. The molecule has 1 aromatic carbocycles. The lowest BCUT2D eigenvalue weighted by atomic mass is 9.98. The van der Waals surface area contributed by atoms with Crippen LogP contribution in [0.25, 0.3) is 10.2 Å². The topological polar surface area (TPSA) is 93.4 Å². The zero-order chi connectivity index (χ0) is 17.9. The van der Waals surface area contributed by atoms with E-state index in [4.69, 9.17) is 10.7 Å². The third kappa shape index (κ3) is 4.99. The van der Waals surface area contributed by atoms with Gasteiger partial charge in [0, 0.05) is 18.9 Å². The number of fused-ring (bicyclic) bond motifs is 1. The van der Waals surface area contributed by atoms with Gasteiger partial charge in [-0.05, 0) is 38.1 Å². The lowest BCUT2D eigenvalue weighted by molar-refractivity contribution is -0.117. The number of amides is 1. The first-order chi connectivity index (χ1) is 11.9. The van der Waals surface area contributed by atoms with Crippen LogP contribution in [-0.2, 0) is 14.6 Å². The van der Waals surface area contributed by atoms with Crippen LogP contribution in [0, 0.1) is 0 Å². The monoisotopic (exact) mass is 381 g/mol. The highest BCUT2D eigenvalue weighted by Gasteiger charge is 2.24. The fourth-order valence-corrected chi connectivity index (χ4v) is 5.48. The lowest BCUT2D eigenvalue weighted by Gasteiger charge is -2.30. The largest absolute Gasteiger partial charge is 0.370 e. The van der Waals surface area contributed by atoms with Crippen LogP contribution in [0.4, 0.5) is 0 Å². The van der Waals surface area contributed by atoms with Gasteiger partial charge in [0.05, 0.1) is 26.7 Å². The van der Waals surface area contributed by atoms with Crippen LogP contribution in [0.15, 0.2) is 24.3 Å². The van der Waals surface area contributed by atoms with Gasteiger partial charge < -0.3 is 10.6 Å². The summed E-state index contributed by atoms with van der Waals surface area (Å²) in [6.07, 6.45) is 1.91. The summed E-state index contributed by atoms with van der Waals surface area (Å²) >= 11 is 1.76. The highest BCUT2D eigenvalue weighted by Crippen LogP contribution is 2.33. The van der Waals surface area contributed by atoms with E-state index >= 15 is 0 Å². The molecule has 0 spiro atoms. The number of likely N-dealkylation sites (tertiary alicyclic amines) is 1. The molecule has 1 aliphatic rings. The number of para-hydroxylation sites is 1. The molecule has 0 saturated carbocycles. The Balaban J connectivity index is 1.49. The van der Waals surface area contributed by atoms with Gasteiger partial charge >= 0.3 is 0 Å². The van der Waals surface area contributed by atoms with E-state index in [1.165, 1.54) is 9.71 Å². The van der Waals surface area contributed by atoms with Gasteiger partial charge in [-0.2, -0.15) is 0 Å². The number of aromatic nitrogens is 1. The number of sulfone groups is 1. The van der Waals surface area contributed by atoms with Gasteiger partial charge in [-0.1, -0.05) is 12.1 Å². The molecule has 0 aliphatic carbocycles. The number of piperidine rings is 1. The summed E-state index contributed by atoms with van der Waals surface area (Å²) < 4.78 is 25.1. The molecule has 25 heavy (non-hydrogen) atoms. The number of nitrogens with zero attached hydrogens (tertiary/aromatic N) is 2. The first-order valence-corrected chi connectivity index (χ1v) is 11.1. The molecule has 1 amide bonds. The Labute approximate surface area is 152 Å². The third-order valence-corrected chi connectivity index (χ3v) is 7.45. The second kappa shape index (κ2) is 7.80. The molecule has 2 N–H and O–H groups in total. The second-order valence-corrected chi connectivity index (χ2v) is 9.87. The molecule has 0 atom stereocenters. The van der Waals surface area contributed by atoms with Crippen molar-refractivity contribution in [3.8, 4) is 0 Å². The molecule has 1 aliphatic heterocycles. The Kier molecular flexibility index (Phi) is 5.71. The van der Waals surface area contributed by atoms with Crippen LogP contribution in [0.2, 0.25) is 0 Å². The fraction of sp³-hybridized carbons (Fsp3) is 0.529. The lowest BCUT2D eigenvalue weighted by Crippen LogP contribution is -2.36.